The van der Waals surface area contributed by atoms with Crippen LogP contribution in [0.5, 0.6) is 5.75 Å². The van der Waals surface area contributed by atoms with Gasteiger partial charge in [-0.3, -0.25) is 9.78 Å². The van der Waals surface area contributed by atoms with Crippen LogP contribution in [0.2, 0.25) is 5.02 Å². The molecule has 2 aliphatic heterocycles. The van der Waals surface area contributed by atoms with Gasteiger partial charge in [-0.15, -0.1) is 0 Å². The zero-order valence-corrected chi connectivity index (χ0v) is 22.0. The van der Waals surface area contributed by atoms with E-state index >= 15 is 0 Å². The first kappa shape index (κ1) is 25.5. The second-order valence-electron chi connectivity index (χ2n) is 10.00. The van der Waals surface area contributed by atoms with Crippen molar-refractivity contribution in [3.8, 4) is 5.75 Å². The first-order chi connectivity index (χ1) is 17.8. The Labute approximate surface area is 223 Å². The largest absolute Gasteiger partial charge is 0.488 e. The molecule has 2 aliphatic rings. The lowest BCUT2D eigenvalue weighted by atomic mass is 9.84. The molecule has 37 heavy (non-hydrogen) atoms. The predicted octanol–water partition coefficient (Wildman–Crippen LogP) is 5.13. The van der Waals surface area contributed by atoms with Crippen molar-refractivity contribution in [3.63, 3.8) is 0 Å². The standard InChI is InChI=1S/C30H32ClN3O3/c1-33(2)29(35)21-7-12-25-26(28-22(5-3-15-32-28)20-37-27(25)19-21)6-4-16-34-17-13-30(36,14-18-34)23-8-10-24(31)11-9-23/h3,5-12,15,19,36H,4,13-14,16-18,20H2,1-2H3/b26-6-. The molecule has 6 nitrogen and oxygen atoms in total. The molecule has 3 aromatic rings. The van der Waals surface area contributed by atoms with Crippen molar-refractivity contribution in [2.75, 3.05) is 33.7 Å². The molecule has 1 aromatic heterocycles. The van der Waals surface area contributed by atoms with Crippen molar-refractivity contribution in [1.82, 2.24) is 14.8 Å². The van der Waals surface area contributed by atoms with Gasteiger partial charge in [-0.2, -0.15) is 0 Å². The molecular weight excluding hydrogens is 486 g/mol. The van der Waals surface area contributed by atoms with E-state index in [2.05, 4.69) is 11.0 Å². The van der Waals surface area contributed by atoms with Gasteiger partial charge < -0.3 is 19.6 Å². The number of benzene rings is 2. The molecular formula is C30H32ClN3O3. The summed E-state index contributed by atoms with van der Waals surface area (Å²) in [4.78, 5) is 21.2. The zero-order valence-electron chi connectivity index (χ0n) is 21.3. The van der Waals surface area contributed by atoms with Gasteiger partial charge in [-0.25, -0.2) is 0 Å². The van der Waals surface area contributed by atoms with Crippen LogP contribution in [-0.2, 0) is 12.2 Å². The average Bonchev–Trinajstić information content (AvgIpc) is 3.06. The minimum atomic E-state index is -0.804. The predicted molar refractivity (Wildman–Crippen MR) is 146 cm³/mol. The fourth-order valence-electron chi connectivity index (χ4n) is 5.13. The van der Waals surface area contributed by atoms with E-state index in [4.69, 9.17) is 21.3 Å². The maximum Gasteiger partial charge on any atom is 0.253 e. The lowest BCUT2D eigenvalue weighted by Crippen LogP contribution is -2.42. The van der Waals surface area contributed by atoms with Crippen molar-refractivity contribution in [1.29, 1.82) is 0 Å². The number of ether oxygens (including phenoxy) is 1. The third-order valence-electron chi connectivity index (χ3n) is 7.31. The molecule has 0 atom stereocenters. The number of piperidine rings is 1. The van der Waals surface area contributed by atoms with E-state index in [-0.39, 0.29) is 5.91 Å². The molecule has 5 rings (SSSR count). The van der Waals surface area contributed by atoms with Crippen LogP contribution in [0, 0.1) is 0 Å². The second kappa shape index (κ2) is 10.7. The highest BCUT2D eigenvalue weighted by molar-refractivity contribution is 6.30. The topological polar surface area (TPSA) is 65.9 Å². The Bertz CT molecular complexity index is 1310. The van der Waals surface area contributed by atoms with Crippen molar-refractivity contribution in [2.24, 2.45) is 0 Å². The molecule has 0 aliphatic carbocycles. The lowest BCUT2D eigenvalue weighted by molar-refractivity contribution is -0.0254. The maximum absolute atomic E-state index is 12.5. The Kier molecular flexibility index (Phi) is 7.33. The molecule has 3 heterocycles. The van der Waals surface area contributed by atoms with Gasteiger partial charge in [0.05, 0.1) is 11.3 Å². The van der Waals surface area contributed by atoms with Crippen LogP contribution < -0.4 is 4.74 Å². The Balaban J connectivity index is 1.33. The van der Waals surface area contributed by atoms with Crippen molar-refractivity contribution < 1.29 is 14.6 Å². The minimum Gasteiger partial charge on any atom is -0.488 e. The fourth-order valence-corrected chi connectivity index (χ4v) is 5.26. The molecule has 0 radical (unpaired) electrons. The summed E-state index contributed by atoms with van der Waals surface area (Å²) < 4.78 is 6.15. The van der Waals surface area contributed by atoms with Gasteiger partial charge in [0.1, 0.15) is 12.4 Å². The van der Waals surface area contributed by atoms with E-state index in [1.54, 1.807) is 19.0 Å². The van der Waals surface area contributed by atoms with Crippen LogP contribution in [0.25, 0.3) is 5.57 Å². The van der Waals surface area contributed by atoms with Crippen LogP contribution in [0.3, 0.4) is 0 Å². The summed E-state index contributed by atoms with van der Waals surface area (Å²) in [5, 5.41) is 11.9. The Morgan fingerprint density at radius 3 is 2.65 bits per heavy atom. The van der Waals surface area contributed by atoms with Crippen molar-refractivity contribution >= 4 is 23.1 Å². The summed E-state index contributed by atoms with van der Waals surface area (Å²) >= 11 is 6.02. The number of hydrogen-bond donors (Lipinski definition) is 1. The van der Waals surface area contributed by atoms with E-state index in [9.17, 15) is 9.90 Å². The molecule has 0 saturated carbocycles. The highest BCUT2D eigenvalue weighted by atomic mass is 35.5. The molecule has 0 unspecified atom stereocenters. The van der Waals surface area contributed by atoms with E-state index in [1.165, 1.54) is 0 Å². The number of nitrogens with zero attached hydrogens (tertiary/aromatic N) is 3. The van der Waals surface area contributed by atoms with E-state index in [0.717, 1.165) is 54.0 Å². The van der Waals surface area contributed by atoms with Crippen LogP contribution in [0.15, 0.2) is 66.9 Å². The number of likely N-dealkylation sites (tertiary alicyclic amines) is 1. The summed E-state index contributed by atoms with van der Waals surface area (Å²) in [6.07, 6.45) is 6.25. The van der Waals surface area contributed by atoms with Crippen molar-refractivity contribution in [3.05, 3.63) is 99.8 Å². The number of pyridine rings is 1. The zero-order chi connectivity index (χ0) is 26.0. The van der Waals surface area contributed by atoms with Crippen LogP contribution in [0.1, 0.15) is 52.0 Å². The number of carbonyl (C=O) groups excluding carboxylic acids is 1. The molecule has 7 heteroatoms. The Hall–Kier alpha value is -3.19. The van der Waals surface area contributed by atoms with Gasteiger partial charge in [0.15, 0.2) is 0 Å². The maximum atomic E-state index is 12.5. The summed E-state index contributed by atoms with van der Waals surface area (Å²) in [7, 11) is 3.49. The third-order valence-corrected chi connectivity index (χ3v) is 7.57. The molecule has 192 valence electrons. The lowest BCUT2D eigenvalue weighted by Gasteiger charge is -2.38. The number of rotatable bonds is 5. The average molecular weight is 518 g/mol. The highest BCUT2D eigenvalue weighted by Crippen LogP contribution is 2.37. The highest BCUT2D eigenvalue weighted by Gasteiger charge is 2.33. The molecule has 0 bridgehead atoms. The van der Waals surface area contributed by atoms with E-state index in [0.29, 0.717) is 35.8 Å². The number of aromatic nitrogens is 1. The third kappa shape index (κ3) is 5.42. The smallest absolute Gasteiger partial charge is 0.253 e. The fraction of sp³-hybridized carbons (Fsp3) is 0.333. The van der Waals surface area contributed by atoms with Crippen LogP contribution in [0.4, 0.5) is 0 Å². The van der Waals surface area contributed by atoms with E-state index in [1.807, 2.05) is 60.8 Å². The molecule has 1 amide bonds. The van der Waals surface area contributed by atoms with Crippen LogP contribution >= 0.6 is 11.6 Å². The number of carbonyl (C=O) groups is 1. The quantitative estimate of drug-likeness (QED) is 0.508. The number of fused-ring (bicyclic) bond motifs is 2. The van der Waals surface area contributed by atoms with Crippen molar-refractivity contribution in [2.45, 2.75) is 31.5 Å². The van der Waals surface area contributed by atoms with Gasteiger partial charge in [0, 0.05) is 67.2 Å². The Morgan fingerprint density at radius 1 is 1.16 bits per heavy atom. The first-order valence-corrected chi connectivity index (χ1v) is 13.1. The summed E-state index contributed by atoms with van der Waals surface area (Å²) in [6.45, 7) is 2.94. The summed E-state index contributed by atoms with van der Waals surface area (Å²) in [6, 6.07) is 17.2. The number of aliphatic hydroxyl groups is 1. The van der Waals surface area contributed by atoms with Crippen LogP contribution in [-0.4, -0.2) is 59.5 Å². The first-order valence-electron chi connectivity index (χ1n) is 12.7. The molecule has 1 fully saturated rings. The van der Waals surface area contributed by atoms with Gasteiger partial charge >= 0.3 is 0 Å². The SMILES string of the molecule is CN(C)C(=O)c1ccc2c(c1)OCc1cccnc1/C2=C\CCN1CCC(O)(c2ccc(Cl)cc2)CC1. The molecule has 1 saturated heterocycles. The van der Waals surface area contributed by atoms with Gasteiger partial charge in [-0.1, -0.05) is 35.9 Å². The number of halogens is 1. The minimum absolute atomic E-state index is 0.0551. The number of hydrogen-bond acceptors (Lipinski definition) is 5. The van der Waals surface area contributed by atoms with Gasteiger partial charge in [0.25, 0.3) is 5.91 Å². The monoisotopic (exact) mass is 517 g/mol. The van der Waals surface area contributed by atoms with Gasteiger partial charge in [-0.05, 0) is 61.2 Å². The molecule has 0 spiro atoms. The summed E-state index contributed by atoms with van der Waals surface area (Å²) in [5.74, 6) is 0.642. The van der Waals surface area contributed by atoms with Gasteiger partial charge in [0.2, 0.25) is 0 Å². The molecule has 1 N–H and O–H groups in total. The summed E-state index contributed by atoms with van der Waals surface area (Å²) in [5.41, 5.74) is 4.65. The number of amides is 1. The van der Waals surface area contributed by atoms with E-state index < -0.39 is 5.60 Å². The Morgan fingerprint density at radius 2 is 1.92 bits per heavy atom. The second-order valence-corrected chi connectivity index (χ2v) is 10.4. The molecule has 2 aromatic carbocycles. The normalized spacial score (nSPS) is 17.9.